The van der Waals surface area contributed by atoms with Gasteiger partial charge in [0.25, 0.3) is 0 Å². The number of hydrogen-bond donors (Lipinski definition) is 1. The Bertz CT molecular complexity index is 410. The monoisotopic (exact) mass is 230 g/mol. The van der Waals surface area contributed by atoms with Crippen molar-refractivity contribution >= 4 is 0 Å². The van der Waals surface area contributed by atoms with Crippen molar-refractivity contribution in [3.63, 3.8) is 0 Å². The molecular weight excluding hydrogens is 212 g/mol. The fraction of sp³-hybridized carbons (Fsp3) is 0.538. The Balaban J connectivity index is 2.25. The van der Waals surface area contributed by atoms with Crippen LogP contribution in [0.1, 0.15) is 42.9 Å². The summed E-state index contributed by atoms with van der Waals surface area (Å²) in [5, 5.41) is 11.2. The van der Waals surface area contributed by atoms with E-state index in [-0.39, 0.29) is 0 Å². The van der Waals surface area contributed by atoms with Crippen LogP contribution in [0.5, 0.6) is 0 Å². The molecule has 0 aromatic carbocycles. The standard InChI is InChI=1S/C13H18N4/c1-15-17-6-4-2-3-5-13(17)12-7-11(8-14)9-16-10-12/h7,9-10,13,15H,2-6H2,1H3/t13-/m1/s1. The van der Waals surface area contributed by atoms with Crippen LogP contribution in [0.4, 0.5) is 0 Å². The van der Waals surface area contributed by atoms with Crippen LogP contribution in [0.2, 0.25) is 0 Å². The highest BCUT2D eigenvalue weighted by Gasteiger charge is 2.21. The first-order valence-corrected chi connectivity index (χ1v) is 6.14. The van der Waals surface area contributed by atoms with E-state index in [1.165, 1.54) is 19.3 Å². The van der Waals surface area contributed by atoms with Crippen LogP contribution in [0.25, 0.3) is 0 Å². The Kier molecular flexibility index (Phi) is 4.08. The molecular formula is C13H18N4. The number of hydrazine groups is 1. The maximum absolute atomic E-state index is 8.92. The summed E-state index contributed by atoms with van der Waals surface area (Å²) >= 11 is 0. The molecule has 0 spiro atoms. The van der Waals surface area contributed by atoms with Gasteiger partial charge < -0.3 is 0 Å². The highest BCUT2D eigenvalue weighted by molar-refractivity contribution is 5.30. The van der Waals surface area contributed by atoms with E-state index in [2.05, 4.69) is 21.5 Å². The largest absolute Gasteiger partial charge is 0.263 e. The van der Waals surface area contributed by atoms with Crippen LogP contribution in [-0.2, 0) is 0 Å². The second-order valence-electron chi connectivity index (χ2n) is 4.40. The molecule has 1 fully saturated rings. The zero-order chi connectivity index (χ0) is 12.1. The lowest BCUT2D eigenvalue weighted by molar-refractivity contribution is 0.142. The number of hydrogen-bond acceptors (Lipinski definition) is 4. The van der Waals surface area contributed by atoms with Crippen molar-refractivity contribution in [3.05, 3.63) is 29.6 Å². The Hall–Kier alpha value is -1.44. The lowest BCUT2D eigenvalue weighted by Crippen LogP contribution is -2.38. The van der Waals surface area contributed by atoms with Gasteiger partial charge in [0.1, 0.15) is 6.07 Å². The quantitative estimate of drug-likeness (QED) is 0.844. The second-order valence-corrected chi connectivity index (χ2v) is 4.40. The van der Waals surface area contributed by atoms with Crippen LogP contribution in [-0.4, -0.2) is 23.6 Å². The summed E-state index contributed by atoms with van der Waals surface area (Å²) in [6, 6.07) is 4.44. The van der Waals surface area contributed by atoms with E-state index in [4.69, 9.17) is 5.26 Å². The third-order valence-electron chi connectivity index (χ3n) is 3.31. The molecule has 1 atom stereocenters. The van der Waals surface area contributed by atoms with Gasteiger partial charge in [-0.3, -0.25) is 10.4 Å². The molecule has 1 aliphatic rings. The van der Waals surface area contributed by atoms with Gasteiger partial charge in [0.2, 0.25) is 0 Å². The van der Waals surface area contributed by atoms with E-state index in [1.807, 2.05) is 19.3 Å². The van der Waals surface area contributed by atoms with Gasteiger partial charge in [0, 0.05) is 18.9 Å². The van der Waals surface area contributed by atoms with Crippen LogP contribution in [0.3, 0.4) is 0 Å². The molecule has 0 radical (unpaired) electrons. The summed E-state index contributed by atoms with van der Waals surface area (Å²) in [4.78, 5) is 4.15. The first kappa shape index (κ1) is 12.0. The Morgan fingerprint density at radius 2 is 2.29 bits per heavy atom. The summed E-state index contributed by atoms with van der Waals surface area (Å²) in [6.45, 7) is 1.05. The van der Waals surface area contributed by atoms with Gasteiger partial charge in [-0.15, -0.1) is 0 Å². The molecule has 1 aromatic rings. The van der Waals surface area contributed by atoms with Gasteiger partial charge in [-0.25, -0.2) is 5.01 Å². The van der Waals surface area contributed by atoms with Crippen molar-refractivity contribution in [2.45, 2.75) is 31.7 Å². The SMILES string of the molecule is CNN1CCCCC[C@@H]1c1cncc(C#N)c1. The Labute approximate surface area is 102 Å². The molecule has 4 nitrogen and oxygen atoms in total. The smallest absolute Gasteiger partial charge is 0.101 e. The van der Waals surface area contributed by atoms with Crippen molar-refractivity contribution in [1.82, 2.24) is 15.4 Å². The van der Waals surface area contributed by atoms with Gasteiger partial charge in [-0.05, 0) is 31.5 Å². The fourth-order valence-electron chi connectivity index (χ4n) is 2.42. The predicted octanol–water partition coefficient (Wildman–Crippen LogP) is 2.00. The van der Waals surface area contributed by atoms with E-state index in [0.717, 1.165) is 18.5 Å². The Morgan fingerprint density at radius 1 is 1.41 bits per heavy atom. The predicted molar refractivity (Wildman–Crippen MR) is 65.9 cm³/mol. The molecule has 1 N–H and O–H groups in total. The van der Waals surface area contributed by atoms with E-state index >= 15 is 0 Å². The molecule has 17 heavy (non-hydrogen) atoms. The van der Waals surface area contributed by atoms with Crippen LogP contribution >= 0.6 is 0 Å². The van der Waals surface area contributed by atoms with Crippen molar-refractivity contribution in [2.24, 2.45) is 0 Å². The lowest BCUT2D eigenvalue weighted by Gasteiger charge is -2.29. The van der Waals surface area contributed by atoms with Crippen molar-refractivity contribution in [3.8, 4) is 6.07 Å². The molecule has 0 unspecified atom stereocenters. The highest BCUT2D eigenvalue weighted by Crippen LogP contribution is 2.28. The third-order valence-corrected chi connectivity index (χ3v) is 3.31. The van der Waals surface area contributed by atoms with Crippen molar-refractivity contribution in [2.75, 3.05) is 13.6 Å². The molecule has 0 aliphatic carbocycles. The molecule has 1 aliphatic heterocycles. The molecule has 1 saturated heterocycles. The minimum absolute atomic E-state index is 0.336. The summed E-state index contributed by atoms with van der Waals surface area (Å²) < 4.78 is 0. The molecule has 2 rings (SSSR count). The van der Waals surface area contributed by atoms with Crippen molar-refractivity contribution in [1.29, 1.82) is 5.26 Å². The minimum Gasteiger partial charge on any atom is -0.263 e. The summed E-state index contributed by atoms with van der Waals surface area (Å²) in [6.07, 6.45) is 8.35. The first-order chi connectivity index (χ1) is 8.35. The maximum atomic E-state index is 8.92. The zero-order valence-corrected chi connectivity index (χ0v) is 10.2. The van der Waals surface area contributed by atoms with Crippen LogP contribution in [0, 0.1) is 11.3 Å². The number of nitrogens with zero attached hydrogens (tertiary/aromatic N) is 3. The van der Waals surface area contributed by atoms with Gasteiger partial charge in [0.15, 0.2) is 0 Å². The number of aromatic nitrogens is 1. The van der Waals surface area contributed by atoms with Gasteiger partial charge in [-0.2, -0.15) is 5.26 Å². The second kappa shape index (κ2) is 5.76. The lowest BCUT2D eigenvalue weighted by atomic mass is 10.0. The average Bonchev–Trinajstić information content (AvgIpc) is 2.63. The third kappa shape index (κ3) is 2.82. The van der Waals surface area contributed by atoms with Gasteiger partial charge in [0.05, 0.1) is 11.6 Å². The topological polar surface area (TPSA) is 52.0 Å². The highest BCUT2D eigenvalue weighted by atomic mass is 15.5. The van der Waals surface area contributed by atoms with Gasteiger partial charge >= 0.3 is 0 Å². The number of nitriles is 1. The van der Waals surface area contributed by atoms with E-state index < -0.39 is 0 Å². The summed E-state index contributed by atoms with van der Waals surface area (Å²) in [7, 11) is 1.96. The molecule has 0 saturated carbocycles. The van der Waals surface area contributed by atoms with Crippen molar-refractivity contribution < 1.29 is 0 Å². The molecule has 2 heterocycles. The first-order valence-electron chi connectivity index (χ1n) is 6.14. The van der Waals surface area contributed by atoms with E-state index in [1.54, 1.807) is 6.20 Å². The van der Waals surface area contributed by atoms with Gasteiger partial charge in [-0.1, -0.05) is 12.8 Å². The van der Waals surface area contributed by atoms with Crippen LogP contribution < -0.4 is 5.43 Å². The number of pyridine rings is 1. The average molecular weight is 230 g/mol. The zero-order valence-electron chi connectivity index (χ0n) is 10.2. The number of rotatable bonds is 2. The molecule has 0 amide bonds. The fourth-order valence-corrected chi connectivity index (χ4v) is 2.42. The van der Waals surface area contributed by atoms with E-state index in [0.29, 0.717) is 11.6 Å². The molecule has 1 aromatic heterocycles. The maximum Gasteiger partial charge on any atom is 0.101 e. The Morgan fingerprint density at radius 3 is 3.06 bits per heavy atom. The van der Waals surface area contributed by atoms with E-state index in [9.17, 15) is 0 Å². The normalized spacial score (nSPS) is 21.8. The number of nitrogens with one attached hydrogen (secondary N) is 1. The summed E-state index contributed by atoms with van der Waals surface area (Å²) in [5.74, 6) is 0. The summed E-state index contributed by atoms with van der Waals surface area (Å²) in [5.41, 5.74) is 5.03. The minimum atomic E-state index is 0.336. The molecule has 90 valence electrons. The molecule has 4 heteroatoms. The molecule has 0 bridgehead atoms. The van der Waals surface area contributed by atoms with Crippen LogP contribution in [0.15, 0.2) is 18.5 Å².